The van der Waals surface area contributed by atoms with Gasteiger partial charge in [-0.05, 0) is 12.8 Å². The lowest BCUT2D eigenvalue weighted by Gasteiger charge is -2.40. The molecule has 0 saturated carbocycles. The number of ether oxygens (including phenoxy) is 2. The molecule has 0 bridgehead atoms. The number of nitrogens with one attached hydrogen (secondary N) is 1. The number of carbonyl (C=O) groups is 1. The van der Waals surface area contributed by atoms with E-state index in [-0.39, 0.29) is 12.5 Å². The van der Waals surface area contributed by atoms with Gasteiger partial charge in [-0.25, -0.2) is 0 Å². The van der Waals surface area contributed by atoms with Crippen LogP contribution in [-0.2, 0) is 14.3 Å². The first kappa shape index (κ1) is 40.2. The second-order valence-electron chi connectivity index (χ2n) is 12.7. The highest BCUT2D eigenvalue weighted by atomic mass is 16.7. The molecule has 1 aliphatic heterocycles. The van der Waals surface area contributed by atoms with E-state index in [1.54, 1.807) is 0 Å². The van der Waals surface area contributed by atoms with E-state index in [9.17, 15) is 30.3 Å². The normalized spacial score (nSPS) is 23.7. The summed E-state index contributed by atoms with van der Waals surface area (Å²) in [6.45, 7) is 3.72. The molecule has 1 aliphatic rings. The van der Waals surface area contributed by atoms with Crippen molar-refractivity contribution in [2.24, 2.45) is 0 Å². The Morgan fingerprint density at radius 2 is 1.16 bits per heavy atom. The van der Waals surface area contributed by atoms with Crippen molar-refractivity contribution < 1.29 is 39.8 Å². The van der Waals surface area contributed by atoms with E-state index in [0.29, 0.717) is 12.8 Å². The summed E-state index contributed by atoms with van der Waals surface area (Å²) in [5, 5.41) is 53.5. The van der Waals surface area contributed by atoms with E-state index in [1.165, 1.54) is 77.0 Å². The van der Waals surface area contributed by atoms with Gasteiger partial charge in [-0.3, -0.25) is 4.79 Å². The van der Waals surface area contributed by atoms with Crippen LogP contribution in [0.15, 0.2) is 0 Å². The van der Waals surface area contributed by atoms with Gasteiger partial charge in [0.25, 0.3) is 0 Å². The fraction of sp³-hybridized carbons (Fsp3) is 0.971. The number of carbonyl (C=O) groups excluding carboxylic acids is 1. The topological polar surface area (TPSA) is 149 Å². The second-order valence-corrected chi connectivity index (χ2v) is 12.7. The predicted molar refractivity (Wildman–Crippen MR) is 171 cm³/mol. The van der Waals surface area contributed by atoms with Crippen molar-refractivity contribution >= 4 is 5.91 Å². The molecule has 9 nitrogen and oxygen atoms in total. The molecule has 9 heteroatoms. The summed E-state index contributed by atoms with van der Waals surface area (Å²) >= 11 is 0. The van der Waals surface area contributed by atoms with Crippen LogP contribution in [0.3, 0.4) is 0 Å². The van der Waals surface area contributed by atoms with Gasteiger partial charge in [-0.1, -0.05) is 136 Å². The Bertz CT molecular complexity index is 652. The molecule has 6 N–H and O–H groups in total. The zero-order chi connectivity index (χ0) is 31.7. The third-order valence-electron chi connectivity index (χ3n) is 8.71. The molecule has 0 aromatic heterocycles. The molecule has 1 saturated heterocycles. The van der Waals surface area contributed by atoms with Crippen molar-refractivity contribution in [3.05, 3.63) is 0 Å². The average Bonchev–Trinajstić information content (AvgIpc) is 3.00. The van der Waals surface area contributed by atoms with Crippen molar-refractivity contribution in [1.29, 1.82) is 0 Å². The Morgan fingerprint density at radius 1 is 0.698 bits per heavy atom. The zero-order valence-electron chi connectivity index (χ0n) is 27.5. The maximum atomic E-state index is 12.8. The fourth-order valence-corrected chi connectivity index (χ4v) is 5.75. The molecule has 7 unspecified atom stereocenters. The van der Waals surface area contributed by atoms with E-state index < -0.39 is 49.5 Å². The van der Waals surface area contributed by atoms with Gasteiger partial charge >= 0.3 is 0 Å². The standard InChI is InChI=1S/C34H67NO8/c1-3-5-7-9-10-11-12-13-14-15-16-17-18-20-22-24-30(38)35-27(28(37)23-21-19-8-6-4-2)26-42-34-33(41)32(40)31(39)29(25-36)43-34/h27-29,31-34,36-37,39-41H,3-26H2,1-2H3,(H,35,38). The lowest BCUT2D eigenvalue weighted by molar-refractivity contribution is -0.302. The van der Waals surface area contributed by atoms with Crippen LogP contribution >= 0.6 is 0 Å². The van der Waals surface area contributed by atoms with Gasteiger partial charge in [-0.15, -0.1) is 0 Å². The van der Waals surface area contributed by atoms with Crippen LogP contribution in [0, 0.1) is 0 Å². The zero-order valence-corrected chi connectivity index (χ0v) is 27.5. The third kappa shape index (κ3) is 18.7. The monoisotopic (exact) mass is 617 g/mol. The van der Waals surface area contributed by atoms with Crippen LogP contribution in [-0.4, -0.2) is 87.5 Å². The number of hydrogen-bond acceptors (Lipinski definition) is 8. The van der Waals surface area contributed by atoms with Crippen LogP contribution in [0.4, 0.5) is 0 Å². The number of amides is 1. The average molecular weight is 618 g/mol. The molecule has 1 amide bonds. The highest BCUT2D eigenvalue weighted by molar-refractivity contribution is 5.76. The number of aliphatic hydroxyl groups is 5. The smallest absolute Gasteiger partial charge is 0.220 e. The van der Waals surface area contributed by atoms with Crippen molar-refractivity contribution in [1.82, 2.24) is 5.32 Å². The molecular weight excluding hydrogens is 550 g/mol. The molecule has 0 spiro atoms. The summed E-state index contributed by atoms with van der Waals surface area (Å²) in [6, 6.07) is -0.706. The minimum absolute atomic E-state index is 0.136. The molecule has 1 rings (SSSR count). The Balaban J connectivity index is 2.33. The first-order chi connectivity index (χ1) is 20.8. The number of hydrogen-bond donors (Lipinski definition) is 6. The van der Waals surface area contributed by atoms with Gasteiger partial charge in [0.1, 0.15) is 24.4 Å². The summed E-state index contributed by atoms with van der Waals surface area (Å²) in [4.78, 5) is 12.8. The van der Waals surface area contributed by atoms with Crippen LogP contribution in [0.5, 0.6) is 0 Å². The van der Waals surface area contributed by atoms with Crippen molar-refractivity contribution in [3.63, 3.8) is 0 Å². The Hall–Kier alpha value is -0.810. The van der Waals surface area contributed by atoms with Crippen molar-refractivity contribution in [3.8, 4) is 0 Å². The van der Waals surface area contributed by atoms with E-state index >= 15 is 0 Å². The van der Waals surface area contributed by atoms with E-state index in [4.69, 9.17) is 9.47 Å². The quantitative estimate of drug-likeness (QED) is 0.0651. The maximum absolute atomic E-state index is 12.8. The highest BCUT2D eigenvalue weighted by Gasteiger charge is 2.44. The van der Waals surface area contributed by atoms with E-state index in [2.05, 4.69) is 19.2 Å². The molecule has 0 radical (unpaired) electrons. The molecule has 0 aromatic rings. The molecule has 1 fully saturated rings. The molecule has 0 aromatic carbocycles. The SMILES string of the molecule is CCCCCCCCCCCCCCCCCC(=O)NC(COC1OC(CO)C(O)C(O)C1O)C(O)CCCCCCC. The molecular formula is C34H67NO8. The number of aliphatic hydroxyl groups excluding tert-OH is 5. The number of unbranched alkanes of at least 4 members (excludes halogenated alkanes) is 18. The maximum Gasteiger partial charge on any atom is 0.220 e. The first-order valence-corrected chi connectivity index (χ1v) is 17.7. The fourth-order valence-electron chi connectivity index (χ4n) is 5.75. The van der Waals surface area contributed by atoms with E-state index in [1.807, 2.05) is 0 Å². The number of rotatable bonds is 28. The minimum atomic E-state index is -1.54. The third-order valence-corrected chi connectivity index (χ3v) is 8.71. The summed E-state index contributed by atoms with van der Waals surface area (Å²) < 4.78 is 11.1. The van der Waals surface area contributed by atoms with Gasteiger partial charge in [0.05, 0.1) is 25.4 Å². The van der Waals surface area contributed by atoms with Gasteiger partial charge in [0.2, 0.25) is 5.91 Å². The predicted octanol–water partition coefficient (Wildman–Crippen LogP) is 5.27. The Morgan fingerprint density at radius 3 is 1.65 bits per heavy atom. The van der Waals surface area contributed by atoms with Crippen molar-refractivity contribution in [2.45, 2.75) is 198 Å². The Labute approximate surface area is 262 Å². The Kier molecular flexibility index (Phi) is 24.7. The first-order valence-electron chi connectivity index (χ1n) is 17.7. The van der Waals surface area contributed by atoms with Gasteiger partial charge in [0, 0.05) is 6.42 Å². The molecule has 7 atom stereocenters. The summed E-state index contributed by atoms with van der Waals surface area (Å²) in [5.41, 5.74) is 0. The lowest BCUT2D eigenvalue weighted by atomic mass is 9.99. The van der Waals surface area contributed by atoms with Crippen molar-refractivity contribution in [2.75, 3.05) is 13.2 Å². The molecule has 43 heavy (non-hydrogen) atoms. The molecule has 0 aliphatic carbocycles. The minimum Gasteiger partial charge on any atom is -0.394 e. The summed E-state index contributed by atoms with van der Waals surface area (Å²) in [6.07, 6.45) is 17.2. The molecule has 1 heterocycles. The van der Waals surface area contributed by atoms with Gasteiger partial charge in [-0.2, -0.15) is 0 Å². The van der Waals surface area contributed by atoms with Crippen LogP contribution < -0.4 is 5.32 Å². The second kappa shape index (κ2) is 26.4. The van der Waals surface area contributed by atoms with Gasteiger partial charge in [0.15, 0.2) is 6.29 Å². The van der Waals surface area contributed by atoms with Crippen LogP contribution in [0.1, 0.15) is 155 Å². The summed E-state index contributed by atoms with van der Waals surface area (Å²) in [5.74, 6) is -0.151. The lowest BCUT2D eigenvalue weighted by Crippen LogP contribution is -2.60. The molecule has 256 valence electrons. The highest BCUT2D eigenvalue weighted by Crippen LogP contribution is 2.23. The van der Waals surface area contributed by atoms with E-state index in [0.717, 1.165) is 51.4 Å². The van der Waals surface area contributed by atoms with Crippen LogP contribution in [0.2, 0.25) is 0 Å². The van der Waals surface area contributed by atoms with Gasteiger partial charge < -0.3 is 40.3 Å². The summed E-state index contributed by atoms with van der Waals surface area (Å²) in [7, 11) is 0. The largest absolute Gasteiger partial charge is 0.394 e. The van der Waals surface area contributed by atoms with Crippen LogP contribution in [0.25, 0.3) is 0 Å².